The van der Waals surface area contributed by atoms with Gasteiger partial charge in [0.25, 0.3) is 0 Å². The van der Waals surface area contributed by atoms with Crippen LogP contribution in [0.1, 0.15) is 79.1 Å². The number of aliphatic hydroxyl groups is 2. The Kier molecular flexibility index (Phi) is 44.4. The Bertz CT molecular complexity index is 321. The van der Waals surface area contributed by atoms with Crippen molar-refractivity contribution in [3.8, 4) is 0 Å². The molecule has 0 aromatic heterocycles. The van der Waals surface area contributed by atoms with E-state index in [2.05, 4.69) is 0 Å². The molecule has 0 heterocycles. The third kappa shape index (κ3) is 58.8. The molecule has 0 amide bonds. The first-order valence-electron chi connectivity index (χ1n) is 8.81. The maximum absolute atomic E-state index is 10.4. The molecule has 160 valence electrons. The van der Waals surface area contributed by atoms with E-state index in [-0.39, 0.29) is 33.3 Å². The number of hydrogen-bond acceptors (Lipinski definition) is 8. The van der Waals surface area contributed by atoms with E-state index in [9.17, 15) is 29.4 Å². The van der Waals surface area contributed by atoms with E-state index in [0.29, 0.717) is 38.9 Å². The van der Waals surface area contributed by atoms with Crippen LogP contribution in [0.15, 0.2) is 0 Å². The SMILES string of the molecule is CCCC(=O)CC(=O)[O-].CCCC(=O)CC(=O)[O-].CCCO.CCCO.[Ti]. The van der Waals surface area contributed by atoms with Gasteiger partial charge in [-0.1, -0.05) is 27.7 Å². The molecule has 0 bridgehead atoms. The zero-order chi connectivity index (χ0) is 21.4. The minimum Gasteiger partial charge on any atom is -0.550 e. The van der Waals surface area contributed by atoms with Crippen molar-refractivity contribution in [1.82, 2.24) is 0 Å². The van der Waals surface area contributed by atoms with Crippen molar-refractivity contribution >= 4 is 23.5 Å². The van der Waals surface area contributed by atoms with Gasteiger partial charge in [0.2, 0.25) is 0 Å². The summed E-state index contributed by atoms with van der Waals surface area (Å²) in [5.41, 5.74) is 0. The van der Waals surface area contributed by atoms with Crippen LogP contribution < -0.4 is 10.2 Å². The maximum atomic E-state index is 10.4. The first-order chi connectivity index (χ1) is 12.2. The van der Waals surface area contributed by atoms with Crippen molar-refractivity contribution in [1.29, 1.82) is 0 Å². The maximum Gasteiger partial charge on any atom is 0.138 e. The molecule has 8 nitrogen and oxygen atoms in total. The van der Waals surface area contributed by atoms with Crippen LogP contribution >= 0.6 is 0 Å². The molecule has 0 aliphatic carbocycles. The van der Waals surface area contributed by atoms with Gasteiger partial charge >= 0.3 is 0 Å². The summed E-state index contributed by atoms with van der Waals surface area (Å²) in [6.45, 7) is 8.15. The molecule has 0 spiro atoms. The molecule has 2 N–H and O–H groups in total. The van der Waals surface area contributed by atoms with E-state index >= 15 is 0 Å². The Morgan fingerprint density at radius 1 is 0.630 bits per heavy atom. The third-order valence-corrected chi connectivity index (χ3v) is 2.19. The van der Waals surface area contributed by atoms with Gasteiger partial charge in [-0.3, -0.25) is 9.59 Å². The third-order valence-electron chi connectivity index (χ3n) is 2.19. The van der Waals surface area contributed by atoms with E-state index < -0.39 is 24.8 Å². The Morgan fingerprint density at radius 3 is 0.963 bits per heavy atom. The molecule has 0 atom stereocenters. The van der Waals surface area contributed by atoms with Crippen LogP contribution in [-0.4, -0.2) is 46.9 Å². The molecule has 27 heavy (non-hydrogen) atoms. The number of ketones is 2. The molecule has 0 fully saturated rings. The second-order valence-electron chi connectivity index (χ2n) is 5.12. The van der Waals surface area contributed by atoms with Crippen molar-refractivity contribution in [2.75, 3.05) is 13.2 Å². The zero-order valence-corrected chi connectivity index (χ0v) is 18.5. The number of rotatable bonds is 10. The molecule has 0 rings (SSSR count). The van der Waals surface area contributed by atoms with Crippen molar-refractivity contribution in [2.24, 2.45) is 0 Å². The summed E-state index contributed by atoms with van der Waals surface area (Å²) >= 11 is 0. The van der Waals surface area contributed by atoms with E-state index in [1.165, 1.54) is 0 Å². The number of aliphatic hydroxyl groups excluding tert-OH is 2. The number of carboxylic acid groups (broad SMARTS) is 2. The summed E-state index contributed by atoms with van der Waals surface area (Å²) in [6, 6.07) is 0. The van der Waals surface area contributed by atoms with Crippen molar-refractivity contribution in [3.05, 3.63) is 0 Å². The van der Waals surface area contributed by atoms with E-state index in [1.807, 2.05) is 27.7 Å². The summed E-state index contributed by atoms with van der Waals surface area (Å²) < 4.78 is 0. The first-order valence-corrected chi connectivity index (χ1v) is 8.81. The second kappa shape index (κ2) is 32.6. The summed E-state index contributed by atoms with van der Waals surface area (Å²) in [4.78, 5) is 40.4. The average molecular weight is 426 g/mol. The molecule has 0 aromatic rings. The van der Waals surface area contributed by atoms with Gasteiger partial charge in [-0.05, 0) is 25.7 Å². The summed E-state index contributed by atoms with van der Waals surface area (Å²) in [5, 5.41) is 35.3. The molecular formula is C18H34O8Ti-2. The average Bonchev–Trinajstić information content (AvgIpc) is 2.55. The Labute approximate surface area is 177 Å². The smallest absolute Gasteiger partial charge is 0.138 e. The van der Waals surface area contributed by atoms with Gasteiger partial charge in [0.05, 0.1) is 0 Å². The van der Waals surface area contributed by atoms with Gasteiger partial charge in [-0.25, -0.2) is 0 Å². The molecule has 0 unspecified atom stereocenters. The first kappa shape index (κ1) is 36.8. The summed E-state index contributed by atoms with van der Waals surface area (Å²) in [5.74, 6) is -3.07. The second-order valence-corrected chi connectivity index (χ2v) is 5.12. The number of carbonyl (C=O) groups excluding carboxylic acids is 4. The Morgan fingerprint density at radius 2 is 0.852 bits per heavy atom. The number of carboxylic acids is 2. The fourth-order valence-electron chi connectivity index (χ4n) is 1.06. The quantitative estimate of drug-likeness (QED) is 0.358. The molecule has 0 aliphatic heterocycles. The zero-order valence-electron chi connectivity index (χ0n) is 16.9. The van der Waals surface area contributed by atoms with Gasteiger partial charge in [-0.2, -0.15) is 0 Å². The van der Waals surface area contributed by atoms with Gasteiger partial charge in [0.15, 0.2) is 0 Å². The molecule has 0 saturated heterocycles. The fraction of sp³-hybridized carbons (Fsp3) is 0.778. The van der Waals surface area contributed by atoms with E-state index in [1.54, 1.807) is 0 Å². The molecule has 9 heteroatoms. The van der Waals surface area contributed by atoms with Crippen LogP contribution in [0, 0.1) is 0 Å². The normalized spacial score (nSPS) is 8.22. The largest absolute Gasteiger partial charge is 0.550 e. The minimum atomic E-state index is -1.28. The van der Waals surface area contributed by atoms with Crippen LogP contribution in [0.5, 0.6) is 0 Å². The number of carbonyl (C=O) groups is 4. The summed E-state index contributed by atoms with van der Waals surface area (Å²) in [6.07, 6.45) is 2.96. The molecule has 0 aromatic carbocycles. The number of aliphatic carboxylic acids is 2. The van der Waals surface area contributed by atoms with Crippen LogP contribution in [0.25, 0.3) is 0 Å². The van der Waals surface area contributed by atoms with Gasteiger partial charge < -0.3 is 30.0 Å². The number of hydrogen-bond donors (Lipinski definition) is 2. The summed E-state index contributed by atoms with van der Waals surface area (Å²) in [7, 11) is 0. The Balaban J connectivity index is -0.0000000843. The van der Waals surface area contributed by atoms with Crippen molar-refractivity contribution < 1.29 is 61.3 Å². The molecular weight excluding hydrogens is 392 g/mol. The number of Topliss-reactive ketones (excluding diaryl/α,β-unsaturated/α-hetero) is 2. The molecule has 0 aliphatic rings. The van der Waals surface area contributed by atoms with Gasteiger partial charge in [-0.15, -0.1) is 0 Å². The predicted molar refractivity (Wildman–Crippen MR) is 93.8 cm³/mol. The minimum absolute atomic E-state index is 0. The van der Waals surface area contributed by atoms with Crippen LogP contribution in [0.3, 0.4) is 0 Å². The Hall–Kier alpha value is -1.09. The standard InChI is InChI=1S/2C6H10O3.2C3H8O.Ti/c2*1-2-3-5(7)4-6(8)9;2*1-2-3-4;/h2*2-4H2,1H3,(H,8,9);2*4H,2-3H2,1H3;/p-2. The van der Waals surface area contributed by atoms with Crippen LogP contribution in [0.2, 0.25) is 0 Å². The van der Waals surface area contributed by atoms with E-state index in [4.69, 9.17) is 10.2 Å². The van der Waals surface area contributed by atoms with Crippen molar-refractivity contribution in [2.45, 2.75) is 79.1 Å². The van der Waals surface area contributed by atoms with Crippen LogP contribution in [0.4, 0.5) is 0 Å². The molecule has 0 saturated carbocycles. The van der Waals surface area contributed by atoms with Gasteiger partial charge in [0.1, 0.15) is 11.6 Å². The predicted octanol–water partition coefficient (Wildman–Crippen LogP) is -0.234. The topological polar surface area (TPSA) is 155 Å². The molecule has 0 radical (unpaired) electrons. The van der Waals surface area contributed by atoms with E-state index in [0.717, 1.165) is 12.8 Å². The van der Waals surface area contributed by atoms with Gasteiger partial charge in [0, 0.05) is 72.6 Å². The van der Waals surface area contributed by atoms with Crippen LogP contribution in [-0.2, 0) is 40.9 Å². The monoisotopic (exact) mass is 426 g/mol. The van der Waals surface area contributed by atoms with Crippen molar-refractivity contribution in [3.63, 3.8) is 0 Å². The fourth-order valence-corrected chi connectivity index (χ4v) is 1.06.